The van der Waals surface area contributed by atoms with Gasteiger partial charge >= 0.3 is 5.97 Å². The van der Waals surface area contributed by atoms with Crippen LogP contribution in [-0.2, 0) is 23.8 Å². The molecule has 158 valence electrons. The summed E-state index contributed by atoms with van der Waals surface area (Å²) in [5.41, 5.74) is -0.301. The third kappa shape index (κ3) is 2.72. The topological polar surface area (TPSA) is 61.8 Å². The van der Waals surface area contributed by atoms with Gasteiger partial charge in [-0.15, -0.1) is 0 Å². The van der Waals surface area contributed by atoms with Crippen molar-refractivity contribution in [2.45, 2.75) is 71.5 Å². The van der Waals surface area contributed by atoms with Gasteiger partial charge in [-0.3, -0.25) is 4.79 Å². The van der Waals surface area contributed by atoms with E-state index in [1.54, 1.807) is 0 Å². The zero-order valence-corrected chi connectivity index (χ0v) is 17.9. The van der Waals surface area contributed by atoms with Crippen LogP contribution in [0.5, 0.6) is 0 Å². The van der Waals surface area contributed by atoms with E-state index < -0.39 is 5.79 Å². The fourth-order valence-electron chi connectivity index (χ4n) is 7.51. The van der Waals surface area contributed by atoms with Crippen LogP contribution >= 0.6 is 0 Å². The van der Waals surface area contributed by atoms with Crippen molar-refractivity contribution in [2.24, 2.45) is 40.4 Å². The molecule has 0 amide bonds. The molecule has 4 aliphatic rings. The van der Waals surface area contributed by atoms with E-state index in [4.69, 9.17) is 14.2 Å². The Hall–Kier alpha value is -0.940. The first-order valence-corrected chi connectivity index (χ1v) is 11.1. The maximum Gasteiger partial charge on any atom is 0.309 e. The van der Waals surface area contributed by atoms with Crippen LogP contribution in [0, 0.1) is 40.4 Å². The summed E-state index contributed by atoms with van der Waals surface area (Å²) < 4.78 is 17.5. The molecule has 5 nitrogen and oxygen atoms in total. The highest BCUT2D eigenvalue weighted by Gasteiger charge is 2.66. The number of aldehydes is 1. The van der Waals surface area contributed by atoms with Crippen LogP contribution in [-0.4, -0.2) is 38.4 Å². The lowest BCUT2D eigenvalue weighted by atomic mass is 9.49. The van der Waals surface area contributed by atoms with Crippen LogP contribution in [0.15, 0.2) is 0 Å². The molecule has 28 heavy (non-hydrogen) atoms. The Morgan fingerprint density at radius 3 is 2.36 bits per heavy atom. The molecule has 0 unspecified atom stereocenters. The van der Waals surface area contributed by atoms with E-state index in [-0.39, 0.29) is 40.5 Å². The molecule has 4 fully saturated rings. The second-order valence-corrected chi connectivity index (χ2v) is 10.3. The summed E-state index contributed by atoms with van der Waals surface area (Å²) in [4.78, 5) is 25.2. The molecule has 1 aliphatic heterocycles. The van der Waals surface area contributed by atoms with Gasteiger partial charge in [0.25, 0.3) is 0 Å². The molecule has 1 spiro atoms. The zero-order chi connectivity index (χ0) is 20.2. The van der Waals surface area contributed by atoms with Crippen molar-refractivity contribution in [1.29, 1.82) is 0 Å². The van der Waals surface area contributed by atoms with Crippen LogP contribution < -0.4 is 0 Å². The van der Waals surface area contributed by atoms with E-state index in [0.29, 0.717) is 19.1 Å². The smallest absolute Gasteiger partial charge is 0.309 e. The lowest BCUT2D eigenvalue weighted by molar-refractivity contribution is -0.242. The van der Waals surface area contributed by atoms with Crippen molar-refractivity contribution in [2.75, 3.05) is 20.3 Å². The maximum absolute atomic E-state index is 12.7. The number of ether oxygens (including phenoxy) is 3. The van der Waals surface area contributed by atoms with E-state index in [1.165, 1.54) is 13.4 Å². The Balaban J connectivity index is 1.66. The molecule has 4 rings (SSSR count). The van der Waals surface area contributed by atoms with Crippen molar-refractivity contribution in [3.63, 3.8) is 0 Å². The number of hydrogen-bond donors (Lipinski definition) is 0. The SMILES string of the molecule is COC(=O)[C@H]1C[C@@H](C)CC[C@]1(C)[C@H]1CC[C@@]2(C)[C@@H](CCC23OCCO3)[C@@H]1C=O. The zero-order valence-electron chi connectivity index (χ0n) is 17.9. The number of rotatable bonds is 3. The Kier molecular flexibility index (Phi) is 5.15. The molecule has 0 N–H and O–H groups in total. The number of esters is 1. The summed E-state index contributed by atoms with van der Waals surface area (Å²) in [5, 5.41) is 0. The molecule has 0 aromatic rings. The van der Waals surface area contributed by atoms with E-state index in [2.05, 4.69) is 20.8 Å². The molecule has 5 heteroatoms. The lowest BCUT2D eigenvalue weighted by Gasteiger charge is -2.56. The fraction of sp³-hybridized carbons (Fsp3) is 0.913. The lowest BCUT2D eigenvalue weighted by Crippen LogP contribution is -2.56. The Morgan fingerprint density at radius 1 is 1.04 bits per heavy atom. The number of fused-ring (bicyclic) bond motifs is 2. The van der Waals surface area contributed by atoms with Gasteiger partial charge < -0.3 is 19.0 Å². The highest BCUT2D eigenvalue weighted by atomic mass is 16.7. The van der Waals surface area contributed by atoms with Gasteiger partial charge in [0.05, 0.1) is 26.2 Å². The van der Waals surface area contributed by atoms with Gasteiger partial charge in [0.15, 0.2) is 5.79 Å². The quantitative estimate of drug-likeness (QED) is 0.537. The average molecular weight is 393 g/mol. The highest BCUT2D eigenvalue weighted by Crippen LogP contribution is 2.66. The van der Waals surface area contributed by atoms with Crippen molar-refractivity contribution < 1.29 is 23.8 Å². The van der Waals surface area contributed by atoms with Crippen molar-refractivity contribution in [3.8, 4) is 0 Å². The van der Waals surface area contributed by atoms with Gasteiger partial charge in [0.1, 0.15) is 6.29 Å². The van der Waals surface area contributed by atoms with E-state index in [1.807, 2.05) is 0 Å². The van der Waals surface area contributed by atoms with Crippen molar-refractivity contribution >= 4 is 12.3 Å². The maximum atomic E-state index is 12.7. The van der Waals surface area contributed by atoms with Gasteiger partial charge in [-0.2, -0.15) is 0 Å². The van der Waals surface area contributed by atoms with Crippen LogP contribution in [0.3, 0.4) is 0 Å². The largest absolute Gasteiger partial charge is 0.469 e. The Morgan fingerprint density at radius 2 is 1.71 bits per heavy atom. The summed E-state index contributed by atoms with van der Waals surface area (Å²) in [6.07, 6.45) is 7.94. The number of methoxy groups -OCH3 is 1. The van der Waals surface area contributed by atoms with Crippen molar-refractivity contribution in [1.82, 2.24) is 0 Å². The molecular weight excluding hydrogens is 356 g/mol. The van der Waals surface area contributed by atoms with Crippen LogP contribution in [0.4, 0.5) is 0 Å². The molecule has 0 aromatic heterocycles. The first-order valence-electron chi connectivity index (χ1n) is 11.1. The molecule has 7 atom stereocenters. The van der Waals surface area contributed by atoms with Gasteiger partial charge in [-0.1, -0.05) is 27.2 Å². The van der Waals surface area contributed by atoms with Gasteiger partial charge in [0, 0.05) is 17.8 Å². The summed E-state index contributed by atoms with van der Waals surface area (Å²) in [6, 6.07) is 0. The number of hydrogen-bond acceptors (Lipinski definition) is 5. The molecule has 0 bridgehead atoms. The Labute approximate surface area is 168 Å². The van der Waals surface area contributed by atoms with Crippen LogP contribution in [0.2, 0.25) is 0 Å². The average Bonchev–Trinajstić information content (AvgIpc) is 3.29. The summed E-state index contributed by atoms with van der Waals surface area (Å²) in [5.74, 6) is 0.234. The number of carbonyl (C=O) groups is 2. The minimum absolute atomic E-state index is 0.0449. The van der Waals surface area contributed by atoms with Crippen LogP contribution in [0.1, 0.15) is 65.7 Å². The first kappa shape index (κ1) is 20.3. The first-order chi connectivity index (χ1) is 13.3. The summed E-state index contributed by atoms with van der Waals surface area (Å²) in [7, 11) is 1.49. The standard InChI is InChI=1S/C23H36O5/c1-15-5-8-21(2,19(13-15)20(25)26-4)17-6-9-22(3)18(16(17)14-24)7-10-23(22)27-11-12-28-23/h14-19H,5-13H2,1-4H3/t15-,16+,17-,18-,19+,21+,22-/m0/s1. The minimum Gasteiger partial charge on any atom is -0.469 e. The van der Waals surface area contributed by atoms with Gasteiger partial charge in [0.2, 0.25) is 0 Å². The minimum atomic E-state index is -0.506. The third-order valence-corrected chi connectivity index (χ3v) is 9.23. The predicted octanol–water partition coefficient (Wildman–Crippen LogP) is 3.99. The van der Waals surface area contributed by atoms with Crippen LogP contribution in [0.25, 0.3) is 0 Å². The molecule has 3 saturated carbocycles. The summed E-state index contributed by atoms with van der Waals surface area (Å²) >= 11 is 0. The van der Waals surface area contributed by atoms with Crippen molar-refractivity contribution in [3.05, 3.63) is 0 Å². The van der Waals surface area contributed by atoms with E-state index >= 15 is 0 Å². The third-order valence-electron chi connectivity index (χ3n) is 9.23. The summed E-state index contributed by atoms with van der Waals surface area (Å²) in [6.45, 7) is 8.04. The molecule has 3 aliphatic carbocycles. The second-order valence-electron chi connectivity index (χ2n) is 10.3. The van der Waals surface area contributed by atoms with Gasteiger partial charge in [-0.05, 0) is 55.3 Å². The van der Waals surface area contributed by atoms with E-state index in [0.717, 1.165) is 44.9 Å². The van der Waals surface area contributed by atoms with Gasteiger partial charge in [-0.25, -0.2) is 0 Å². The Bertz CT molecular complexity index is 626. The number of carbonyl (C=O) groups excluding carboxylic acids is 2. The molecule has 1 saturated heterocycles. The predicted molar refractivity (Wildman–Crippen MR) is 104 cm³/mol. The molecule has 1 heterocycles. The second kappa shape index (κ2) is 7.09. The normalized spacial score (nSPS) is 47.6. The molecular formula is C23H36O5. The molecule has 0 radical (unpaired) electrons. The monoisotopic (exact) mass is 392 g/mol. The molecule has 0 aromatic carbocycles. The fourth-order valence-corrected chi connectivity index (χ4v) is 7.51. The highest BCUT2D eigenvalue weighted by molar-refractivity contribution is 5.73. The van der Waals surface area contributed by atoms with E-state index in [9.17, 15) is 9.59 Å².